The summed E-state index contributed by atoms with van der Waals surface area (Å²) in [5, 5.41) is 3.39. The Bertz CT molecular complexity index is 402. The van der Waals surface area contributed by atoms with Crippen molar-refractivity contribution in [1.29, 1.82) is 0 Å². The van der Waals surface area contributed by atoms with Gasteiger partial charge in [-0.15, -0.1) is 0 Å². The van der Waals surface area contributed by atoms with E-state index in [0.717, 1.165) is 48.6 Å². The van der Waals surface area contributed by atoms with Crippen molar-refractivity contribution < 1.29 is 9.47 Å². The summed E-state index contributed by atoms with van der Waals surface area (Å²) < 4.78 is 11.1. The van der Waals surface area contributed by atoms with Crippen molar-refractivity contribution in [1.82, 2.24) is 5.32 Å². The summed E-state index contributed by atoms with van der Waals surface area (Å²) in [6.45, 7) is 10.6. The summed E-state index contributed by atoms with van der Waals surface area (Å²) in [7, 11) is 1.67. The van der Waals surface area contributed by atoms with E-state index in [9.17, 15) is 0 Å². The predicted molar refractivity (Wildman–Crippen MR) is 79.9 cm³/mol. The van der Waals surface area contributed by atoms with E-state index >= 15 is 0 Å². The molecule has 0 saturated carbocycles. The number of rotatable bonds is 9. The maximum atomic E-state index is 5.84. The lowest BCUT2D eigenvalue weighted by atomic mass is 10.2. The van der Waals surface area contributed by atoms with Gasteiger partial charge >= 0.3 is 0 Å². The van der Waals surface area contributed by atoms with Crippen LogP contribution in [0.2, 0.25) is 0 Å². The summed E-state index contributed by atoms with van der Waals surface area (Å²) in [4.78, 5) is 0. The number of nitrogens with one attached hydrogen (secondary N) is 1. The Kier molecular flexibility index (Phi) is 7.04. The average molecular weight is 263 g/mol. The van der Waals surface area contributed by atoms with Crippen LogP contribution < -0.4 is 14.8 Å². The minimum atomic E-state index is 0.560. The van der Waals surface area contributed by atoms with Gasteiger partial charge in [0.15, 0.2) is 0 Å². The van der Waals surface area contributed by atoms with Gasteiger partial charge in [-0.2, -0.15) is 0 Å². The van der Waals surface area contributed by atoms with Gasteiger partial charge in [-0.3, -0.25) is 0 Å². The molecule has 3 heteroatoms. The van der Waals surface area contributed by atoms with Crippen molar-refractivity contribution in [3.05, 3.63) is 35.9 Å². The molecule has 106 valence electrons. The molecule has 0 radical (unpaired) electrons. The van der Waals surface area contributed by atoms with Gasteiger partial charge < -0.3 is 14.8 Å². The van der Waals surface area contributed by atoms with Crippen molar-refractivity contribution in [2.75, 3.05) is 20.3 Å². The lowest BCUT2D eigenvalue weighted by molar-refractivity contribution is 0.339. The molecule has 1 rings (SSSR count). The van der Waals surface area contributed by atoms with Crippen molar-refractivity contribution in [2.45, 2.75) is 33.2 Å². The van der Waals surface area contributed by atoms with E-state index in [0.29, 0.717) is 6.61 Å². The number of hydrogen-bond acceptors (Lipinski definition) is 3. The van der Waals surface area contributed by atoms with E-state index < -0.39 is 0 Å². The zero-order valence-corrected chi connectivity index (χ0v) is 12.3. The summed E-state index contributed by atoms with van der Waals surface area (Å²) in [6, 6.07) is 5.95. The van der Waals surface area contributed by atoms with Crippen LogP contribution >= 0.6 is 0 Å². The van der Waals surface area contributed by atoms with E-state index in [1.165, 1.54) is 0 Å². The number of ether oxygens (including phenoxy) is 2. The van der Waals surface area contributed by atoms with Crippen LogP contribution in [0.3, 0.4) is 0 Å². The zero-order valence-electron chi connectivity index (χ0n) is 12.3. The van der Waals surface area contributed by atoms with Crippen LogP contribution in [0, 0.1) is 0 Å². The van der Waals surface area contributed by atoms with Crippen LogP contribution in [0.4, 0.5) is 0 Å². The van der Waals surface area contributed by atoms with Crippen LogP contribution in [-0.4, -0.2) is 20.3 Å². The first-order valence-corrected chi connectivity index (χ1v) is 6.88. The molecule has 1 N–H and O–H groups in total. The summed E-state index contributed by atoms with van der Waals surface area (Å²) in [5.41, 5.74) is 2.24. The molecule has 0 aliphatic heterocycles. The van der Waals surface area contributed by atoms with E-state index in [4.69, 9.17) is 9.47 Å². The largest absolute Gasteiger partial charge is 0.497 e. The topological polar surface area (TPSA) is 30.5 Å². The summed E-state index contributed by atoms with van der Waals surface area (Å²) >= 11 is 0. The highest BCUT2D eigenvalue weighted by Gasteiger charge is 2.06. The lowest BCUT2D eigenvalue weighted by Gasteiger charge is -2.14. The highest BCUT2D eigenvalue weighted by molar-refractivity contribution is 5.41. The molecule has 0 heterocycles. The fourth-order valence-corrected chi connectivity index (χ4v) is 1.62. The van der Waals surface area contributed by atoms with Gasteiger partial charge in [0.25, 0.3) is 0 Å². The maximum absolute atomic E-state index is 5.84. The highest BCUT2D eigenvalue weighted by atomic mass is 16.5. The Hall–Kier alpha value is -1.48. The molecule has 0 saturated heterocycles. The molecule has 1 aromatic carbocycles. The SMILES string of the molecule is C=C(CC)COc1cc(OC)ccc1CNCCC. The van der Waals surface area contributed by atoms with E-state index in [1.54, 1.807) is 7.11 Å². The Labute approximate surface area is 116 Å². The monoisotopic (exact) mass is 263 g/mol. The van der Waals surface area contributed by atoms with Crippen molar-refractivity contribution in [3.63, 3.8) is 0 Å². The molecule has 3 nitrogen and oxygen atoms in total. The van der Waals surface area contributed by atoms with Crippen LogP contribution in [0.15, 0.2) is 30.4 Å². The molecule has 0 aromatic heterocycles. The molecule has 0 unspecified atom stereocenters. The number of methoxy groups -OCH3 is 1. The Morgan fingerprint density at radius 2 is 2.11 bits per heavy atom. The van der Waals surface area contributed by atoms with E-state index in [1.807, 2.05) is 18.2 Å². The van der Waals surface area contributed by atoms with Crippen molar-refractivity contribution in [3.8, 4) is 11.5 Å². The molecule has 0 atom stereocenters. The number of benzene rings is 1. The maximum Gasteiger partial charge on any atom is 0.127 e. The van der Waals surface area contributed by atoms with Gasteiger partial charge in [-0.05, 0) is 31.0 Å². The first kappa shape index (κ1) is 15.6. The average Bonchev–Trinajstić information content (AvgIpc) is 2.45. The number of hydrogen-bond donors (Lipinski definition) is 1. The molecule has 0 spiro atoms. The van der Waals surface area contributed by atoms with Crippen LogP contribution in [0.25, 0.3) is 0 Å². The Balaban J connectivity index is 2.73. The predicted octanol–water partition coefficient (Wildman–Crippen LogP) is 3.54. The van der Waals surface area contributed by atoms with E-state index in [-0.39, 0.29) is 0 Å². The molecular weight excluding hydrogens is 238 g/mol. The fourth-order valence-electron chi connectivity index (χ4n) is 1.62. The quantitative estimate of drug-likeness (QED) is 0.546. The molecule has 19 heavy (non-hydrogen) atoms. The Morgan fingerprint density at radius 1 is 1.32 bits per heavy atom. The minimum absolute atomic E-state index is 0.560. The summed E-state index contributed by atoms with van der Waals surface area (Å²) in [5.74, 6) is 1.69. The fraction of sp³-hybridized carbons (Fsp3) is 0.500. The van der Waals surface area contributed by atoms with Crippen LogP contribution in [0.1, 0.15) is 32.3 Å². The van der Waals surface area contributed by atoms with Gasteiger partial charge in [-0.1, -0.05) is 26.5 Å². The molecule has 0 fully saturated rings. The minimum Gasteiger partial charge on any atom is -0.497 e. The molecule has 0 bridgehead atoms. The van der Waals surface area contributed by atoms with E-state index in [2.05, 4.69) is 25.7 Å². The standard InChI is InChI=1S/C16H25NO2/c1-5-9-17-11-14-7-8-15(18-4)10-16(14)19-12-13(3)6-2/h7-8,10,17H,3,5-6,9,11-12H2,1-2,4H3. The van der Waals surface area contributed by atoms with Crippen molar-refractivity contribution >= 4 is 0 Å². The second kappa shape index (κ2) is 8.59. The van der Waals surface area contributed by atoms with Crippen molar-refractivity contribution in [2.24, 2.45) is 0 Å². The molecule has 0 amide bonds. The van der Waals surface area contributed by atoms with Gasteiger partial charge in [0.2, 0.25) is 0 Å². The third-order valence-corrected chi connectivity index (χ3v) is 2.95. The van der Waals surface area contributed by atoms with Gasteiger partial charge in [0.1, 0.15) is 18.1 Å². The first-order valence-electron chi connectivity index (χ1n) is 6.88. The zero-order chi connectivity index (χ0) is 14.1. The second-order valence-electron chi connectivity index (χ2n) is 4.54. The summed E-state index contributed by atoms with van der Waals surface area (Å²) in [6.07, 6.45) is 2.06. The normalized spacial score (nSPS) is 10.3. The first-order chi connectivity index (χ1) is 9.21. The smallest absolute Gasteiger partial charge is 0.127 e. The van der Waals surface area contributed by atoms with Gasteiger partial charge in [-0.25, -0.2) is 0 Å². The second-order valence-corrected chi connectivity index (χ2v) is 4.54. The molecule has 1 aromatic rings. The molecule has 0 aliphatic rings. The third-order valence-electron chi connectivity index (χ3n) is 2.95. The van der Waals surface area contributed by atoms with Crippen LogP contribution in [-0.2, 0) is 6.54 Å². The Morgan fingerprint density at radius 3 is 2.74 bits per heavy atom. The van der Waals surface area contributed by atoms with Crippen LogP contribution in [0.5, 0.6) is 11.5 Å². The van der Waals surface area contributed by atoms with Gasteiger partial charge in [0, 0.05) is 18.2 Å². The third kappa shape index (κ3) is 5.35. The lowest BCUT2D eigenvalue weighted by Crippen LogP contribution is -2.15. The molecular formula is C16H25NO2. The van der Waals surface area contributed by atoms with Gasteiger partial charge in [0.05, 0.1) is 7.11 Å². The molecule has 0 aliphatic carbocycles. The highest BCUT2D eigenvalue weighted by Crippen LogP contribution is 2.25.